The van der Waals surface area contributed by atoms with Gasteiger partial charge in [-0.1, -0.05) is 25.1 Å². The van der Waals surface area contributed by atoms with Crippen molar-refractivity contribution in [2.75, 3.05) is 6.61 Å². The summed E-state index contributed by atoms with van der Waals surface area (Å²) in [5, 5.41) is 5.75. The van der Waals surface area contributed by atoms with Crippen LogP contribution < -0.4 is 10.1 Å². The number of amides is 1. The summed E-state index contributed by atoms with van der Waals surface area (Å²) < 4.78 is 5.55. The highest BCUT2D eigenvalue weighted by molar-refractivity contribution is 7.09. The monoisotopic (exact) mass is 290 g/mol. The first-order valence-corrected chi connectivity index (χ1v) is 7.45. The summed E-state index contributed by atoms with van der Waals surface area (Å²) in [6.45, 7) is 4.48. The number of hydrogen-bond acceptors (Lipinski definition) is 4. The molecule has 2 aromatic rings. The van der Waals surface area contributed by atoms with Crippen molar-refractivity contribution in [3.8, 4) is 5.75 Å². The van der Waals surface area contributed by atoms with E-state index in [2.05, 4.69) is 17.2 Å². The van der Waals surface area contributed by atoms with Crippen LogP contribution in [-0.2, 0) is 17.8 Å². The van der Waals surface area contributed by atoms with Crippen LogP contribution in [-0.4, -0.2) is 17.5 Å². The third-order valence-corrected chi connectivity index (χ3v) is 3.67. The molecule has 0 aliphatic carbocycles. The maximum absolute atomic E-state index is 11.7. The van der Waals surface area contributed by atoms with Gasteiger partial charge in [-0.05, 0) is 25.0 Å². The number of aromatic nitrogens is 1. The molecule has 0 saturated heterocycles. The van der Waals surface area contributed by atoms with Gasteiger partial charge in [0.2, 0.25) is 0 Å². The first-order chi connectivity index (χ1) is 9.69. The van der Waals surface area contributed by atoms with Gasteiger partial charge in [0.05, 0.1) is 17.2 Å². The van der Waals surface area contributed by atoms with Crippen LogP contribution in [0.3, 0.4) is 0 Å². The van der Waals surface area contributed by atoms with Crippen LogP contribution in [0.15, 0.2) is 29.6 Å². The maximum atomic E-state index is 11.7. The van der Waals surface area contributed by atoms with Crippen LogP contribution in [0.2, 0.25) is 0 Å². The summed E-state index contributed by atoms with van der Waals surface area (Å²) in [5.74, 6) is 0.635. The number of hydrogen-bond donors (Lipinski definition) is 1. The Kier molecular flexibility index (Phi) is 5.12. The molecule has 0 bridgehead atoms. The molecule has 5 heteroatoms. The smallest absolute Gasteiger partial charge is 0.258 e. The minimum absolute atomic E-state index is 0.0279. The van der Waals surface area contributed by atoms with Crippen molar-refractivity contribution >= 4 is 17.2 Å². The second kappa shape index (κ2) is 7.05. The highest BCUT2D eigenvalue weighted by atomic mass is 32.1. The van der Waals surface area contributed by atoms with Gasteiger partial charge in [-0.3, -0.25) is 4.79 Å². The van der Waals surface area contributed by atoms with Crippen LogP contribution in [0.4, 0.5) is 0 Å². The van der Waals surface area contributed by atoms with Crippen molar-refractivity contribution in [2.24, 2.45) is 0 Å². The molecule has 20 heavy (non-hydrogen) atoms. The molecule has 2 rings (SSSR count). The number of nitrogens with zero attached hydrogens (tertiary/aromatic N) is 1. The molecule has 0 unspecified atom stereocenters. The first kappa shape index (κ1) is 14.5. The molecule has 106 valence electrons. The number of carbonyl (C=O) groups is 1. The Morgan fingerprint density at radius 2 is 2.20 bits per heavy atom. The summed E-state index contributed by atoms with van der Waals surface area (Å²) in [5.41, 5.74) is 1.99. The van der Waals surface area contributed by atoms with Crippen molar-refractivity contribution in [2.45, 2.75) is 26.8 Å². The second-order valence-electron chi connectivity index (χ2n) is 4.38. The molecule has 0 saturated carbocycles. The number of para-hydroxylation sites is 1. The number of benzene rings is 1. The third-order valence-electron chi connectivity index (χ3n) is 2.85. The van der Waals surface area contributed by atoms with E-state index < -0.39 is 0 Å². The van der Waals surface area contributed by atoms with Gasteiger partial charge in [0.25, 0.3) is 5.91 Å². The van der Waals surface area contributed by atoms with Crippen molar-refractivity contribution in [1.29, 1.82) is 0 Å². The Morgan fingerprint density at radius 3 is 2.90 bits per heavy atom. The van der Waals surface area contributed by atoms with E-state index in [1.54, 1.807) is 11.3 Å². The molecule has 0 aliphatic rings. The molecule has 1 heterocycles. The van der Waals surface area contributed by atoms with Crippen molar-refractivity contribution in [1.82, 2.24) is 10.3 Å². The van der Waals surface area contributed by atoms with Crippen LogP contribution in [0.1, 0.15) is 23.2 Å². The predicted octanol–water partition coefficient (Wildman–Crippen LogP) is 2.71. The number of ether oxygens (including phenoxy) is 1. The predicted molar refractivity (Wildman–Crippen MR) is 80.0 cm³/mol. The molecule has 1 amide bonds. The third kappa shape index (κ3) is 4.06. The van der Waals surface area contributed by atoms with Gasteiger partial charge in [-0.25, -0.2) is 4.98 Å². The molecule has 1 N–H and O–H groups in total. The number of aryl methyl sites for hydroxylation is 2. The number of carbonyl (C=O) groups excluding carboxylic acids is 1. The zero-order chi connectivity index (χ0) is 14.4. The molecular weight excluding hydrogens is 272 g/mol. The lowest BCUT2D eigenvalue weighted by atomic mass is 10.1. The fourth-order valence-electron chi connectivity index (χ4n) is 1.81. The minimum Gasteiger partial charge on any atom is -0.483 e. The van der Waals surface area contributed by atoms with Gasteiger partial charge >= 0.3 is 0 Å². The van der Waals surface area contributed by atoms with Gasteiger partial charge in [0.1, 0.15) is 5.75 Å². The van der Waals surface area contributed by atoms with E-state index >= 15 is 0 Å². The summed E-state index contributed by atoms with van der Waals surface area (Å²) in [4.78, 5) is 16.0. The molecule has 0 radical (unpaired) electrons. The van der Waals surface area contributed by atoms with Gasteiger partial charge in [-0.15, -0.1) is 11.3 Å². The number of nitrogens with one attached hydrogen (secondary N) is 1. The largest absolute Gasteiger partial charge is 0.483 e. The average Bonchev–Trinajstić information content (AvgIpc) is 2.89. The zero-order valence-corrected chi connectivity index (χ0v) is 12.5. The summed E-state index contributed by atoms with van der Waals surface area (Å²) in [7, 11) is 0. The van der Waals surface area contributed by atoms with Crippen molar-refractivity contribution in [3.05, 3.63) is 45.9 Å². The van der Waals surface area contributed by atoms with Crippen LogP contribution in [0.5, 0.6) is 5.75 Å². The normalized spacial score (nSPS) is 10.3. The fourth-order valence-corrected chi connectivity index (χ4v) is 2.42. The second-order valence-corrected chi connectivity index (χ2v) is 5.45. The van der Waals surface area contributed by atoms with Gasteiger partial charge in [0, 0.05) is 5.38 Å². The number of thiazole rings is 1. The van der Waals surface area contributed by atoms with E-state index in [4.69, 9.17) is 4.74 Å². The van der Waals surface area contributed by atoms with E-state index in [-0.39, 0.29) is 12.5 Å². The summed E-state index contributed by atoms with van der Waals surface area (Å²) in [6.07, 6.45) is 0.885. The summed E-state index contributed by atoms with van der Waals surface area (Å²) >= 11 is 1.58. The van der Waals surface area contributed by atoms with Crippen LogP contribution in [0, 0.1) is 6.92 Å². The van der Waals surface area contributed by atoms with E-state index in [1.807, 2.05) is 36.6 Å². The molecule has 0 atom stereocenters. The van der Waals surface area contributed by atoms with Gasteiger partial charge in [0.15, 0.2) is 6.61 Å². The molecule has 1 aromatic heterocycles. The first-order valence-electron chi connectivity index (χ1n) is 6.57. The summed E-state index contributed by atoms with van der Waals surface area (Å²) in [6, 6.07) is 7.77. The van der Waals surface area contributed by atoms with E-state index in [1.165, 1.54) is 0 Å². The topological polar surface area (TPSA) is 51.2 Å². The molecular formula is C15H18N2O2S. The SMILES string of the molecule is CCc1ccccc1OCC(=O)NCc1csc(C)n1. The van der Waals surface area contributed by atoms with Crippen molar-refractivity contribution in [3.63, 3.8) is 0 Å². The highest BCUT2D eigenvalue weighted by Gasteiger charge is 2.06. The lowest BCUT2D eigenvalue weighted by Gasteiger charge is -2.10. The fraction of sp³-hybridized carbons (Fsp3) is 0.333. The Labute approximate surface area is 122 Å². The lowest BCUT2D eigenvalue weighted by Crippen LogP contribution is -2.28. The van der Waals surface area contributed by atoms with Gasteiger partial charge in [-0.2, -0.15) is 0 Å². The Morgan fingerprint density at radius 1 is 1.40 bits per heavy atom. The van der Waals surface area contributed by atoms with Crippen LogP contribution >= 0.6 is 11.3 Å². The van der Waals surface area contributed by atoms with E-state index in [9.17, 15) is 4.79 Å². The van der Waals surface area contributed by atoms with E-state index in [0.717, 1.165) is 28.4 Å². The Hall–Kier alpha value is -1.88. The van der Waals surface area contributed by atoms with E-state index in [0.29, 0.717) is 6.54 Å². The number of rotatable bonds is 6. The Balaban J connectivity index is 1.80. The van der Waals surface area contributed by atoms with Gasteiger partial charge < -0.3 is 10.1 Å². The van der Waals surface area contributed by atoms with Crippen molar-refractivity contribution < 1.29 is 9.53 Å². The molecule has 1 aromatic carbocycles. The maximum Gasteiger partial charge on any atom is 0.258 e. The molecule has 4 nitrogen and oxygen atoms in total. The Bertz CT molecular complexity index is 581. The lowest BCUT2D eigenvalue weighted by molar-refractivity contribution is -0.123. The average molecular weight is 290 g/mol. The molecule has 0 aliphatic heterocycles. The van der Waals surface area contributed by atoms with Crippen LogP contribution in [0.25, 0.3) is 0 Å². The standard InChI is InChI=1S/C15H18N2O2S/c1-3-12-6-4-5-7-14(12)19-9-15(18)16-8-13-10-20-11(2)17-13/h4-7,10H,3,8-9H2,1-2H3,(H,16,18). The quantitative estimate of drug-likeness (QED) is 0.890. The minimum atomic E-state index is -0.137. The zero-order valence-electron chi connectivity index (χ0n) is 11.7. The molecule has 0 fully saturated rings. The molecule has 0 spiro atoms. The highest BCUT2D eigenvalue weighted by Crippen LogP contribution is 2.17.